The summed E-state index contributed by atoms with van der Waals surface area (Å²) in [7, 11) is 0. The maximum atomic E-state index is 12.9. The number of thioether (sulfide) groups is 1. The average Bonchev–Trinajstić information content (AvgIpc) is 2.84. The molecular formula is C28H25ClN2O2S. The topological polar surface area (TPSA) is 58.2 Å². The summed E-state index contributed by atoms with van der Waals surface area (Å²) < 4.78 is 0. The number of fused-ring (bicyclic) bond motifs is 1. The van der Waals surface area contributed by atoms with Crippen LogP contribution in [0.2, 0.25) is 5.02 Å². The van der Waals surface area contributed by atoms with Crippen LogP contribution in [0.4, 0.5) is 11.4 Å². The van der Waals surface area contributed by atoms with E-state index in [2.05, 4.69) is 10.6 Å². The van der Waals surface area contributed by atoms with Gasteiger partial charge in [-0.1, -0.05) is 61.0 Å². The first kappa shape index (κ1) is 23.9. The van der Waals surface area contributed by atoms with Crippen molar-refractivity contribution < 1.29 is 9.59 Å². The molecule has 0 aliphatic heterocycles. The largest absolute Gasteiger partial charge is 0.325 e. The van der Waals surface area contributed by atoms with Gasteiger partial charge in [-0.05, 0) is 72.1 Å². The molecule has 0 spiro atoms. The standard InChI is InChI=1S/C28H25ClN2O2S/c1-3-26(28(33)31-25-16-22(29)14-11-18(25)2)34-24-10-6-9-23(17-24)30-27(32)21-13-12-19-7-4-5-8-20(19)15-21/h4-17,26H,3H2,1-2H3,(H,30,32)(H,31,33). The SMILES string of the molecule is CCC(Sc1cccc(NC(=O)c2ccc3ccccc3c2)c1)C(=O)Nc1cc(Cl)ccc1C. The van der Waals surface area contributed by atoms with Crippen molar-refractivity contribution >= 4 is 57.3 Å². The van der Waals surface area contributed by atoms with Gasteiger partial charge in [-0.25, -0.2) is 0 Å². The van der Waals surface area contributed by atoms with Crippen LogP contribution in [-0.2, 0) is 4.79 Å². The van der Waals surface area contributed by atoms with Crippen LogP contribution in [0, 0.1) is 6.92 Å². The Morgan fingerprint density at radius 2 is 1.68 bits per heavy atom. The molecular weight excluding hydrogens is 464 g/mol. The number of nitrogens with one attached hydrogen (secondary N) is 2. The van der Waals surface area contributed by atoms with E-state index in [-0.39, 0.29) is 17.1 Å². The van der Waals surface area contributed by atoms with Crippen LogP contribution in [0.25, 0.3) is 10.8 Å². The number of aryl methyl sites for hydroxylation is 1. The van der Waals surface area contributed by atoms with Crippen molar-refractivity contribution in [3.8, 4) is 0 Å². The maximum absolute atomic E-state index is 12.9. The second-order valence-electron chi connectivity index (χ2n) is 8.01. The first-order valence-corrected chi connectivity index (χ1v) is 12.3. The Morgan fingerprint density at radius 3 is 2.47 bits per heavy atom. The van der Waals surface area contributed by atoms with Gasteiger partial charge in [0, 0.05) is 26.9 Å². The summed E-state index contributed by atoms with van der Waals surface area (Å²) in [5.41, 5.74) is 2.95. The molecule has 0 heterocycles. The molecule has 4 nitrogen and oxygen atoms in total. The molecule has 2 amide bonds. The number of hydrogen-bond donors (Lipinski definition) is 2. The molecule has 0 fully saturated rings. The molecule has 4 rings (SSSR count). The summed E-state index contributed by atoms with van der Waals surface area (Å²) in [6.07, 6.45) is 0.657. The molecule has 0 saturated carbocycles. The zero-order valence-electron chi connectivity index (χ0n) is 19.0. The summed E-state index contributed by atoms with van der Waals surface area (Å²) in [6.45, 7) is 3.91. The van der Waals surface area contributed by atoms with Gasteiger partial charge in [-0.15, -0.1) is 11.8 Å². The summed E-state index contributed by atoms with van der Waals surface area (Å²) in [6, 6.07) is 26.6. The molecule has 4 aromatic rings. The number of rotatable bonds is 7. The lowest BCUT2D eigenvalue weighted by molar-refractivity contribution is -0.115. The fourth-order valence-corrected chi connectivity index (χ4v) is 4.80. The summed E-state index contributed by atoms with van der Waals surface area (Å²) in [4.78, 5) is 26.7. The molecule has 2 N–H and O–H groups in total. The van der Waals surface area contributed by atoms with Crippen molar-refractivity contribution in [2.75, 3.05) is 10.6 Å². The number of benzene rings is 4. The second-order valence-corrected chi connectivity index (χ2v) is 9.72. The Hall–Kier alpha value is -3.28. The quantitative estimate of drug-likeness (QED) is 0.264. The molecule has 0 aliphatic rings. The molecule has 4 aromatic carbocycles. The van der Waals surface area contributed by atoms with Gasteiger partial charge in [-0.3, -0.25) is 9.59 Å². The Morgan fingerprint density at radius 1 is 0.882 bits per heavy atom. The van der Waals surface area contributed by atoms with E-state index >= 15 is 0 Å². The highest BCUT2D eigenvalue weighted by molar-refractivity contribution is 8.00. The van der Waals surface area contributed by atoms with Crippen molar-refractivity contribution in [1.82, 2.24) is 0 Å². The number of halogens is 1. The van der Waals surface area contributed by atoms with E-state index in [1.54, 1.807) is 12.1 Å². The normalized spacial score (nSPS) is 11.7. The molecule has 0 aliphatic carbocycles. The summed E-state index contributed by atoms with van der Waals surface area (Å²) in [5.74, 6) is -0.252. The molecule has 1 atom stereocenters. The minimum atomic E-state index is -0.287. The molecule has 34 heavy (non-hydrogen) atoms. The molecule has 6 heteroatoms. The van der Waals surface area contributed by atoms with Crippen molar-refractivity contribution in [3.63, 3.8) is 0 Å². The summed E-state index contributed by atoms with van der Waals surface area (Å²) >= 11 is 7.55. The zero-order chi connectivity index (χ0) is 24.1. The first-order valence-electron chi connectivity index (χ1n) is 11.1. The number of anilines is 2. The monoisotopic (exact) mass is 488 g/mol. The van der Waals surface area contributed by atoms with E-state index in [4.69, 9.17) is 11.6 Å². The van der Waals surface area contributed by atoms with E-state index in [0.717, 1.165) is 21.2 Å². The van der Waals surface area contributed by atoms with Gasteiger partial charge in [0.15, 0.2) is 0 Å². The minimum Gasteiger partial charge on any atom is -0.325 e. The van der Waals surface area contributed by atoms with E-state index in [1.807, 2.05) is 86.6 Å². The molecule has 0 bridgehead atoms. The molecule has 172 valence electrons. The summed E-state index contributed by atoms with van der Waals surface area (Å²) in [5, 5.41) is 8.37. The van der Waals surface area contributed by atoms with Crippen LogP contribution in [0.3, 0.4) is 0 Å². The third-order valence-electron chi connectivity index (χ3n) is 5.50. The van der Waals surface area contributed by atoms with Crippen LogP contribution in [-0.4, -0.2) is 17.1 Å². The highest BCUT2D eigenvalue weighted by Crippen LogP contribution is 2.30. The third kappa shape index (κ3) is 5.79. The number of amides is 2. The minimum absolute atomic E-state index is 0.0801. The Kier molecular flexibility index (Phi) is 7.56. The van der Waals surface area contributed by atoms with Crippen LogP contribution in [0.1, 0.15) is 29.3 Å². The lowest BCUT2D eigenvalue weighted by Gasteiger charge is -2.16. The van der Waals surface area contributed by atoms with Gasteiger partial charge in [0.05, 0.1) is 5.25 Å². The van der Waals surface area contributed by atoms with Gasteiger partial charge in [-0.2, -0.15) is 0 Å². The fourth-order valence-electron chi connectivity index (χ4n) is 3.61. The Bertz CT molecular complexity index is 1360. The van der Waals surface area contributed by atoms with Crippen LogP contribution >= 0.6 is 23.4 Å². The van der Waals surface area contributed by atoms with Crippen molar-refractivity contribution in [2.45, 2.75) is 30.4 Å². The molecule has 1 unspecified atom stereocenters. The predicted octanol–water partition coefficient (Wildman–Crippen LogP) is 7.56. The molecule has 0 saturated heterocycles. The highest BCUT2D eigenvalue weighted by Gasteiger charge is 2.19. The number of carbonyl (C=O) groups is 2. The van der Waals surface area contributed by atoms with Crippen LogP contribution < -0.4 is 10.6 Å². The van der Waals surface area contributed by atoms with Crippen molar-refractivity contribution in [3.05, 3.63) is 101 Å². The number of hydrogen-bond acceptors (Lipinski definition) is 3. The van der Waals surface area contributed by atoms with Gasteiger partial charge in [0.2, 0.25) is 5.91 Å². The fraction of sp³-hybridized carbons (Fsp3) is 0.143. The molecule has 0 aromatic heterocycles. The van der Waals surface area contributed by atoms with Crippen LogP contribution in [0.15, 0.2) is 89.8 Å². The zero-order valence-corrected chi connectivity index (χ0v) is 20.5. The van der Waals surface area contributed by atoms with E-state index in [9.17, 15) is 9.59 Å². The van der Waals surface area contributed by atoms with Crippen molar-refractivity contribution in [1.29, 1.82) is 0 Å². The van der Waals surface area contributed by atoms with Crippen molar-refractivity contribution in [2.24, 2.45) is 0 Å². The van der Waals surface area contributed by atoms with Gasteiger partial charge in [0.25, 0.3) is 5.91 Å². The van der Waals surface area contributed by atoms with Gasteiger partial charge >= 0.3 is 0 Å². The molecule has 0 radical (unpaired) electrons. The Balaban J connectivity index is 1.44. The second kappa shape index (κ2) is 10.8. The lowest BCUT2D eigenvalue weighted by atomic mass is 10.1. The average molecular weight is 489 g/mol. The van der Waals surface area contributed by atoms with Gasteiger partial charge < -0.3 is 10.6 Å². The maximum Gasteiger partial charge on any atom is 0.255 e. The number of carbonyl (C=O) groups excluding carboxylic acids is 2. The van der Waals surface area contributed by atoms with Crippen LogP contribution in [0.5, 0.6) is 0 Å². The first-order chi connectivity index (χ1) is 16.4. The Labute approximate surface area is 208 Å². The van der Waals surface area contributed by atoms with E-state index in [0.29, 0.717) is 28.4 Å². The smallest absolute Gasteiger partial charge is 0.255 e. The van der Waals surface area contributed by atoms with Gasteiger partial charge in [0.1, 0.15) is 0 Å². The van der Waals surface area contributed by atoms with E-state index < -0.39 is 0 Å². The third-order valence-corrected chi connectivity index (χ3v) is 7.10. The predicted molar refractivity (Wildman–Crippen MR) is 143 cm³/mol. The van der Waals surface area contributed by atoms with E-state index in [1.165, 1.54) is 11.8 Å². The lowest BCUT2D eigenvalue weighted by Crippen LogP contribution is -2.25. The highest BCUT2D eigenvalue weighted by atomic mass is 35.5.